The molecule has 0 spiro atoms. The van der Waals surface area contributed by atoms with E-state index in [1.807, 2.05) is 0 Å². The number of nitrogens with zero attached hydrogens (tertiary/aromatic N) is 1. The van der Waals surface area contributed by atoms with E-state index in [-0.39, 0.29) is 16.5 Å². The molecule has 0 saturated carbocycles. The predicted octanol–water partition coefficient (Wildman–Crippen LogP) is 1.49. The molecule has 0 aromatic heterocycles. The Morgan fingerprint density at radius 2 is 2.25 bits per heavy atom. The van der Waals surface area contributed by atoms with Crippen LogP contribution in [-0.4, -0.2) is 5.09 Å². The van der Waals surface area contributed by atoms with Gasteiger partial charge < -0.3 is 5.73 Å². The normalized spacial score (nSPS) is 9.42. The van der Waals surface area contributed by atoms with E-state index in [4.69, 9.17) is 17.3 Å². The van der Waals surface area contributed by atoms with E-state index < -0.39 is 5.09 Å². The van der Waals surface area contributed by atoms with Crippen LogP contribution in [0.4, 0.5) is 5.69 Å². The molecule has 0 unspecified atom stereocenters. The minimum absolute atomic E-state index is 0.0502. The fourth-order valence-electron chi connectivity index (χ4n) is 0.679. The Morgan fingerprint density at radius 3 is 2.83 bits per heavy atom. The second-order valence-electron chi connectivity index (χ2n) is 1.97. The molecule has 0 amide bonds. The van der Waals surface area contributed by atoms with Crippen molar-refractivity contribution in [1.29, 1.82) is 0 Å². The summed E-state index contributed by atoms with van der Waals surface area (Å²) in [5, 5.41) is 9.02. The molecule has 2 N–H and O–H groups in total. The molecular weight excluding hydrogens is 184 g/mol. The third kappa shape index (κ3) is 1.76. The van der Waals surface area contributed by atoms with Crippen LogP contribution in [0, 0.1) is 10.1 Å². The number of nitrogen functional groups attached to an aromatic ring is 1. The molecular formula is C6H5ClN2O3. The van der Waals surface area contributed by atoms with Gasteiger partial charge in [0.25, 0.3) is 5.09 Å². The van der Waals surface area contributed by atoms with Gasteiger partial charge in [-0.2, -0.15) is 0 Å². The molecule has 6 heteroatoms. The molecule has 12 heavy (non-hydrogen) atoms. The highest BCUT2D eigenvalue weighted by Gasteiger charge is 2.06. The Hall–Kier alpha value is -1.49. The van der Waals surface area contributed by atoms with Crippen LogP contribution in [0.3, 0.4) is 0 Å². The summed E-state index contributed by atoms with van der Waals surface area (Å²) >= 11 is 5.58. The highest BCUT2D eigenvalue weighted by atomic mass is 35.5. The Morgan fingerprint density at radius 1 is 1.58 bits per heavy atom. The highest BCUT2D eigenvalue weighted by molar-refractivity contribution is 6.34. The molecule has 0 aliphatic carbocycles. The average molecular weight is 189 g/mol. The number of anilines is 1. The molecule has 1 aromatic rings. The molecule has 1 aromatic carbocycles. The van der Waals surface area contributed by atoms with E-state index >= 15 is 0 Å². The number of halogens is 1. The maximum Gasteiger partial charge on any atom is 0.299 e. The van der Waals surface area contributed by atoms with Crippen molar-refractivity contribution in [1.82, 2.24) is 0 Å². The van der Waals surface area contributed by atoms with E-state index in [0.717, 1.165) is 0 Å². The SMILES string of the molecule is Nc1cccc(O[N+](=O)[O-])c1Cl. The van der Waals surface area contributed by atoms with E-state index in [0.29, 0.717) is 0 Å². The monoisotopic (exact) mass is 188 g/mol. The minimum Gasteiger partial charge on any atom is -0.397 e. The van der Waals surface area contributed by atoms with E-state index in [1.54, 1.807) is 0 Å². The molecule has 0 saturated heterocycles. The summed E-state index contributed by atoms with van der Waals surface area (Å²) in [6.07, 6.45) is 0. The molecule has 1 rings (SSSR count). The molecule has 0 fully saturated rings. The summed E-state index contributed by atoms with van der Waals surface area (Å²) < 4.78 is 0. The van der Waals surface area contributed by atoms with Crippen LogP contribution < -0.4 is 10.6 Å². The number of hydrogen-bond acceptors (Lipinski definition) is 4. The molecule has 0 bridgehead atoms. The van der Waals surface area contributed by atoms with Crippen LogP contribution in [0.15, 0.2) is 18.2 Å². The zero-order valence-corrected chi connectivity index (χ0v) is 6.62. The zero-order valence-electron chi connectivity index (χ0n) is 5.86. The number of nitrogens with two attached hydrogens (primary N) is 1. The fourth-order valence-corrected chi connectivity index (χ4v) is 0.839. The first kappa shape index (κ1) is 8.61. The van der Waals surface area contributed by atoms with Gasteiger partial charge in [0.05, 0.1) is 10.7 Å². The summed E-state index contributed by atoms with van der Waals surface area (Å²) in [7, 11) is 0. The molecule has 0 heterocycles. The first-order valence-electron chi connectivity index (χ1n) is 2.97. The minimum atomic E-state index is -0.944. The zero-order chi connectivity index (χ0) is 9.14. The third-order valence-electron chi connectivity index (χ3n) is 1.17. The van der Waals surface area contributed by atoms with Gasteiger partial charge in [-0.05, 0) is 12.1 Å². The lowest BCUT2D eigenvalue weighted by molar-refractivity contribution is -0.711. The van der Waals surface area contributed by atoms with Crippen molar-refractivity contribution >= 4 is 17.3 Å². The maximum absolute atomic E-state index is 9.92. The van der Waals surface area contributed by atoms with E-state index in [1.165, 1.54) is 18.2 Å². The first-order valence-corrected chi connectivity index (χ1v) is 3.35. The quantitative estimate of drug-likeness (QED) is 0.433. The highest BCUT2D eigenvalue weighted by Crippen LogP contribution is 2.29. The van der Waals surface area contributed by atoms with Crippen LogP contribution in [-0.2, 0) is 0 Å². The van der Waals surface area contributed by atoms with Crippen LogP contribution >= 0.6 is 11.6 Å². The van der Waals surface area contributed by atoms with Gasteiger partial charge in [0.15, 0.2) is 0 Å². The van der Waals surface area contributed by atoms with Crippen molar-refractivity contribution in [2.75, 3.05) is 5.73 Å². The Kier molecular flexibility index (Phi) is 2.35. The van der Waals surface area contributed by atoms with Crippen molar-refractivity contribution < 1.29 is 9.92 Å². The first-order chi connectivity index (χ1) is 5.61. The Balaban J connectivity index is 3.00. The largest absolute Gasteiger partial charge is 0.397 e. The van der Waals surface area contributed by atoms with Crippen molar-refractivity contribution in [2.45, 2.75) is 0 Å². The van der Waals surface area contributed by atoms with Gasteiger partial charge in [-0.15, -0.1) is 10.1 Å². The fraction of sp³-hybridized carbons (Fsp3) is 0. The lowest BCUT2D eigenvalue weighted by Crippen LogP contribution is -2.04. The Labute approximate surface area is 72.8 Å². The van der Waals surface area contributed by atoms with Gasteiger partial charge >= 0.3 is 0 Å². The molecule has 0 aliphatic rings. The van der Waals surface area contributed by atoms with Crippen LogP contribution in [0.5, 0.6) is 5.75 Å². The number of rotatable bonds is 2. The number of hydrogen-bond donors (Lipinski definition) is 1. The van der Waals surface area contributed by atoms with Gasteiger partial charge in [-0.3, -0.25) is 4.84 Å². The van der Waals surface area contributed by atoms with Crippen molar-refractivity contribution in [3.8, 4) is 5.75 Å². The second-order valence-corrected chi connectivity index (χ2v) is 2.35. The molecule has 5 nitrogen and oxygen atoms in total. The predicted molar refractivity (Wildman–Crippen MR) is 43.5 cm³/mol. The smallest absolute Gasteiger partial charge is 0.299 e. The number of benzene rings is 1. The second kappa shape index (κ2) is 3.27. The summed E-state index contributed by atoms with van der Waals surface area (Å²) in [5.74, 6) is -0.0540. The van der Waals surface area contributed by atoms with Gasteiger partial charge in [-0.1, -0.05) is 17.7 Å². The van der Waals surface area contributed by atoms with Gasteiger partial charge in [0.2, 0.25) is 0 Å². The third-order valence-corrected chi connectivity index (χ3v) is 1.57. The van der Waals surface area contributed by atoms with Crippen LogP contribution in [0.2, 0.25) is 5.02 Å². The van der Waals surface area contributed by atoms with E-state index in [2.05, 4.69) is 4.84 Å². The topological polar surface area (TPSA) is 78.4 Å². The molecule has 64 valence electrons. The van der Waals surface area contributed by atoms with Crippen LogP contribution in [0.1, 0.15) is 0 Å². The summed E-state index contributed by atoms with van der Waals surface area (Å²) in [5.41, 5.74) is 5.61. The lowest BCUT2D eigenvalue weighted by atomic mass is 10.3. The average Bonchev–Trinajstić information content (AvgIpc) is 1.98. The lowest BCUT2D eigenvalue weighted by Gasteiger charge is -2.02. The standard InChI is InChI=1S/C6H5ClN2O3/c7-6-4(8)2-1-3-5(6)12-9(10)11/h1-3H,8H2. The maximum atomic E-state index is 9.92. The van der Waals surface area contributed by atoms with Crippen LogP contribution in [0.25, 0.3) is 0 Å². The van der Waals surface area contributed by atoms with Crippen molar-refractivity contribution in [2.24, 2.45) is 0 Å². The van der Waals surface area contributed by atoms with Crippen molar-refractivity contribution in [3.63, 3.8) is 0 Å². The van der Waals surface area contributed by atoms with E-state index in [9.17, 15) is 10.1 Å². The van der Waals surface area contributed by atoms with Gasteiger partial charge in [0.1, 0.15) is 5.75 Å². The van der Waals surface area contributed by atoms with Gasteiger partial charge in [-0.25, -0.2) is 0 Å². The molecule has 0 aliphatic heterocycles. The summed E-state index contributed by atoms with van der Waals surface area (Å²) in [4.78, 5) is 14.1. The summed E-state index contributed by atoms with van der Waals surface area (Å²) in [6.45, 7) is 0. The van der Waals surface area contributed by atoms with Crippen molar-refractivity contribution in [3.05, 3.63) is 33.3 Å². The molecule has 0 radical (unpaired) electrons. The summed E-state index contributed by atoms with van der Waals surface area (Å²) in [6, 6.07) is 4.40. The Bertz CT molecular complexity index is 316. The molecule has 0 atom stereocenters. The van der Waals surface area contributed by atoms with Gasteiger partial charge in [0, 0.05) is 0 Å².